The number of aromatic nitrogens is 1. The highest BCUT2D eigenvalue weighted by molar-refractivity contribution is 7.13. The number of amides is 1. The van der Waals surface area contributed by atoms with E-state index in [0.29, 0.717) is 17.4 Å². The first kappa shape index (κ1) is 20.0. The maximum atomic E-state index is 12.1. The van der Waals surface area contributed by atoms with Gasteiger partial charge in [0.2, 0.25) is 5.91 Å². The molecular weight excluding hydrogens is 372 g/mol. The average Bonchev–Trinajstić information content (AvgIpc) is 3.10. The number of thiazole rings is 1. The van der Waals surface area contributed by atoms with Gasteiger partial charge in [-0.05, 0) is 36.2 Å². The van der Waals surface area contributed by atoms with Crippen molar-refractivity contribution in [1.29, 1.82) is 0 Å². The summed E-state index contributed by atoms with van der Waals surface area (Å²) in [5.74, 6) is -0.119. The van der Waals surface area contributed by atoms with Crippen molar-refractivity contribution in [2.24, 2.45) is 0 Å². The Balaban J connectivity index is 1.43. The van der Waals surface area contributed by atoms with E-state index in [1.54, 1.807) is 5.38 Å². The molecule has 2 aromatic carbocycles. The second kappa shape index (κ2) is 9.98. The van der Waals surface area contributed by atoms with Crippen molar-refractivity contribution >= 4 is 28.1 Å². The molecule has 7 heteroatoms. The summed E-state index contributed by atoms with van der Waals surface area (Å²) < 4.78 is 0. The van der Waals surface area contributed by atoms with Crippen LogP contribution in [0.5, 0.6) is 0 Å². The van der Waals surface area contributed by atoms with Gasteiger partial charge in [-0.2, -0.15) is 0 Å². The minimum atomic E-state index is -0.522. The third-order valence-corrected chi connectivity index (χ3v) is 4.96. The zero-order valence-corrected chi connectivity index (χ0v) is 16.3. The Morgan fingerprint density at radius 3 is 2.75 bits per heavy atom. The maximum Gasteiger partial charge on any atom is 0.230 e. The van der Waals surface area contributed by atoms with Crippen molar-refractivity contribution in [3.05, 3.63) is 76.8 Å². The monoisotopic (exact) mass is 396 g/mol. The number of carbonyl (C=O) groups excluding carboxylic acids is 1. The van der Waals surface area contributed by atoms with E-state index in [1.165, 1.54) is 11.3 Å². The molecule has 0 saturated carbocycles. The normalized spacial score (nSPS) is 11.9. The molecule has 5 N–H and O–H groups in total. The molecule has 28 heavy (non-hydrogen) atoms. The molecule has 0 fully saturated rings. The van der Waals surface area contributed by atoms with Gasteiger partial charge in [0.1, 0.15) is 0 Å². The summed E-state index contributed by atoms with van der Waals surface area (Å²) in [6.45, 7) is 1.23. The summed E-state index contributed by atoms with van der Waals surface area (Å²) >= 11 is 1.33. The van der Waals surface area contributed by atoms with E-state index >= 15 is 0 Å². The Hall–Kier alpha value is -2.74. The molecule has 3 aromatic rings. The summed E-state index contributed by atoms with van der Waals surface area (Å²) in [6, 6.07) is 17.4. The molecule has 0 aliphatic carbocycles. The van der Waals surface area contributed by atoms with Crippen LogP contribution in [0.2, 0.25) is 0 Å². The topological polar surface area (TPSA) is 100 Å². The third kappa shape index (κ3) is 6.16. The lowest BCUT2D eigenvalue weighted by atomic mass is 10.1. The van der Waals surface area contributed by atoms with E-state index in [1.807, 2.05) is 54.6 Å². The fourth-order valence-electron chi connectivity index (χ4n) is 2.84. The number of aliphatic hydroxyl groups excluding tert-OH is 1. The fraction of sp³-hybridized carbons (Fsp3) is 0.238. The quantitative estimate of drug-likeness (QED) is 0.417. The number of nitrogens with two attached hydrogens (primary N) is 1. The van der Waals surface area contributed by atoms with E-state index in [4.69, 9.17) is 5.73 Å². The summed E-state index contributed by atoms with van der Waals surface area (Å²) in [6.07, 6.45) is 0.483. The Morgan fingerprint density at radius 2 is 2.00 bits per heavy atom. The van der Waals surface area contributed by atoms with Gasteiger partial charge in [-0.15, -0.1) is 11.3 Å². The number of hydrogen-bond donors (Lipinski definition) is 4. The first-order valence-electron chi connectivity index (χ1n) is 9.12. The summed E-state index contributed by atoms with van der Waals surface area (Å²) in [4.78, 5) is 16.2. The van der Waals surface area contributed by atoms with Gasteiger partial charge in [0.25, 0.3) is 0 Å². The van der Waals surface area contributed by atoms with Crippen LogP contribution in [0.15, 0.2) is 60.0 Å². The van der Waals surface area contributed by atoms with Gasteiger partial charge in [-0.1, -0.05) is 42.5 Å². The summed E-state index contributed by atoms with van der Waals surface area (Å²) in [5, 5.41) is 18.6. The number of nitrogen functional groups attached to an aromatic ring is 1. The van der Waals surface area contributed by atoms with Crippen LogP contribution >= 0.6 is 11.3 Å². The Labute approximate surface area is 168 Å². The minimum Gasteiger partial charge on any atom is -0.387 e. The molecule has 146 valence electrons. The molecule has 6 nitrogen and oxygen atoms in total. The van der Waals surface area contributed by atoms with Crippen LogP contribution in [0, 0.1) is 0 Å². The SMILES string of the molecule is Nc1nc(CC(=O)Nc2cccc(CCNC[C@H](O)c3ccccc3)c2)cs1. The van der Waals surface area contributed by atoms with E-state index in [2.05, 4.69) is 15.6 Å². The largest absolute Gasteiger partial charge is 0.387 e. The molecule has 1 heterocycles. The predicted molar refractivity (Wildman–Crippen MR) is 113 cm³/mol. The fourth-order valence-corrected chi connectivity index (χ4v) is 3.41. The molecule has 0 spiro atoms. The highest BCUT2D eigenvalue weighted by Gasteiger charge is 2.08. The number of hydrogen-bond acceptors (Lipinski definition) is 6. The van der Waals surface area contributed by atoms with Crippen molar-refractivity contribution in [3.8, 4) is 0 Å². The minimum absolute atomic E-state index is 0.119. The number of nitrogens with one attached hydrogen (secondary N) is 2. The third-order valence-electron chi connectivity index (χ3n) is 4.23. The van der Waals surface area contributed by atoms with Crippen molar-refractivity contribution in [1.82, 2.24) is 10.3 Å². The van der Waals surface area contributed by atoms with Crippen LogP contribution in [0.4, 0.5) is 10.8 Å². The first-order valence-corrected chi connectivity index (χ1v) is 10.0. The Bertz CT molecular complexity index is 898. The van der Waals surface area contributed by atoms with Crippen molar-refractivity contribution in [2.45, 2.75) is 18.9 Å². The van der Waals surface area contributed by atoms with Gasteiger partial charge < -0.3 is 21.5 Å². The number of benzene rings is 2. The zero-order valence-electron chi connectivity index (χ0n) is 15.5. The molecule has 0 aliphatic heterocycles. The first-order chi connectivity index (χ1) is 13.6. The molecule has 3 rings (SSSR count). The molecule has 0 unspecified atom stereocenters. The van der Waals surface area contributed by atoms with Gasteiger partial charge in [0, 0.05) is 17.6 Å². The van der Waals surface area contributed by atoms with Gasteiger partial charge in [0.15, 0.2) is 5.13 Å². The standard InChI is InChI=1S/C21H24N4O2S/c22-21-25-18(14-28-21)12-20(27)24-17-8-4-5-15(11-17)9-10-23-13-19(26)16-6-2-1-3-7-16/h1-8,11,14,19,23,26H,9-10,12-13H2,(H2,22,25)(H,24,27)/t19-/m0/s1. The summed E-state index contributed by atoms with van der Waals surface area (Å²) in [5.41, 5.74) is 9.04. The lowest BCUT2D eigenvalue weighted by molar-refractivity contribution is -0.115. The van der Waals surface area contributed by atoms with Gasteiger partial charge in [-0.25, -0.2) is 4.98 Å². The van der Waals surface area contributed by atoms with Crippen molar-refractivity contribution < 1.29 is 9.90 Å². The van der Waals surface area contributed by atoms with Gasteiger partial charge >= 0.3 is 0 Å². The van der Waals surface area contributed by atoms with E-state index in [-0.39, 0.29) is 12.3 Å². The van der Waals surface area contributed by atoms with Crippen molar-refractivity contribution in [3.63, 3.8) is 0 Å². The van der Waals surface area contributed by atoms with Crippen LogP contribution in [0.3, 0.4) is 0 Å². The second-order valence-corrected chi connectivity index (χ2v) is 7.37. The smallest absolute Gasteiger partial charge is 0.230 e. The lowest BCUT2D eigenvalue weighted by Gasteiger charge is -2.12. The molecule has 1 aromatic heterocycles. The van der Waals surface area contributed by atoms with E-state index in [0.717, 1.165) is 29.8 Å². The number of nitrogens with zero attached hydrogens (tertiary/aromatic N) is 1. The predicted octanol–water partition coefficient (Wildman–Crippen LogP) is 2.77. The van der Waals surface area contributed by atoms with Crippen LogP contribution in [0.25, 0.3) is 0 Å². The molecule has 0 radical (unpaired) electrons. The average molecular weight is 397 g/mol. The summed E-state index contributed by atoms with van der Waals surface area (Å²) in [7, 11) is 0. The number of carbonyl (C=O) groups is 1. The van der Waals surface area contributed by atoms with Crippen molar-refractivity contribution in [2.75, 3.05) is 24.1 Å². The number of aliphatic hydroxyl groups is 1. The Morgan fingerprint density at radius 1 is 1.18 bits per heavy atom. The highest BCUT2D eigenvalue weighted by Crippen LogP contribution is 2.15. The number of anilines is 2. The lowest BCUT2D eigenvalue weighted by Crippen LogP contribution is -2.23. The molecule has 1 atom stereocenters. The number of rotatable bonds is 9. The molecule has 0 aliphatic rings. The van der Waals surface area contributed by atoms with Crippen LogP contribution in [-0.2, 0) is 17.6 Å². The molecule has 0 saturated heterocycles. The Kier molecular flexibility index (Phi) is 7.13. The van der Waals surface area contributed by atoms with E-state index < -0.39 is 6.10 Å². The van der Waals surface area contributed by atoms with Gasteiger partial charge in [0.05, 0.1) is 18.2 Å². The van der Waals surface area contributed by atoms with Crippen LogP contribution in [-0.4, -0.2) is 29.1 Å². The second-order valence-electron chi connectivity index (χ2n) is 6.48. The van der Waals surface area contributed by atoms with E-state index in [9.17, 15) is 9.90 Å². The molecule has 0 bridgehead atoms. The maximum absolute atomic E-state index is 12.1. The molecule has 1 amide bonds. The van der Waals surface area contributed by atoms with Crippen LogP contribution < -0.4 is 16.4 Å². The highest BCUT2D eigenvalue weighted by atomic mass is 32.1. The molecular formula is C21H24N4O2S. The van der Waals surface area contributed by atoms with Crippen LogP contribution in [0.1, 0.15) is 22.9 Å². The van der Waals surface area contributed by atoms with Gasteiger partial charge in [-0.3, -0.25) is 4.79 Å². The zero-order chi connectivity index (χ0) is 19.8.